The van der Waals surface area contributed by atoms with Gasteiger partial charge in [-0.1, -0.05) is 75.4 Å². The van der Waals surface area contributed by atoms with E-state index in [9.17, 15) is 9.59 Å². The first kappa shape index (κ1) is 18.1. The Kier molecular flexibility index (Phi) is 3.92. The zero-order valence-electron chi connectivity index (χ0n) is 17.1. The van der Waals surface area contributed by atoms with Gasteiger partial charge in [0.25, 0.3) is 0 Å². The summed E-state index contributed by atoms with van der Waals surface area (Å²) in [5.41, 5.74) is 6.34. The molecule has 146 valence electrons. The van der Waals surface area contributed by atoms with E-state index in [1.807, 2.05) is 24.3 Å². The molecule has 0 spiro atoms. The van der Waals surface area contributed by atoms with Crippen LogP contribution in [0.25, 0.3) is 5.70 Å². The lowest BCUT2D eigenvalue weighted by molar-refractivity contribution is -0.124. The summed E-state index contributed by atoms with van der Waals surface area (Å²) in [6.45, 7) is 6.32. The molecule has 0 amide bonds. The minimum Gasteiger partial charge on any atom is -0.358 e. The summed E-state index contributed by atoms with van der Waals surface area (Å²) < 4.78 is 0. The standard InChI is InChI=1S/C26H25NO2/c1-4-15-9-11-16(12-10-15)21-22-19(13-26(2,3)14-20(22)28)27-24-17-7-5-6-8-18(17)25(29)23(21)24/h5-13,21-22,27H,4,14H2,1-3H3. The number of fused-ring (bicyclic) bond motifs is 3. The van der Waals surface area contributed by atoms with Crippen molar-refractivity contribution >= 4 is 17.3 Å². The molecular formula is C26H25NO2. The van der Waals surface area contributed by atoms with Crippen LogP contribution in [-0.4, -0.2) is 11.6 Å². The molecule has 3 nitrogen and oxygen atoms in total. The Balaban J connectivity index is 1.74. The molecule has 3 aliphatic rings. The number of hydrogen-bond donors (Lipinski definition) is 1. The van der Waals surface area contributed by atoms with E-state index in [0.717, 1.165) is 40.1 Å². The molecule has 0 bridgehead atoms. The lowest BCUT2D eigenvalue weighted by Crippen LogP contribution is -2.42. The molecule has 0 saturated heterocycles. The Hall–Kier alpha value is -2.94. The number of carbonyl (C=O) groups is 2. The van der Waals surface area contributed by atoms with Gasteiger partial charge < -0.3 is 5.32 Å². The average Bonchev–Trinajstić information content (AvgIpc) is 2.98. The van der Waals surface area contributed by atoms with Gasteiger partial charge >= 0.3 is 0 Å². The number of hydrogen-bond acceptors (Lipinski definition) is 3. The number of aryl methyl sites for hydroxylation is 1. The van der Waals surface area contributed by atoms with Gasteiger partial charge in [-0.25, -0.2) is 0 Å². The van der Waals surface area contributed by atoms with E-state index in [0.29, 0.717) is 6.42 Å². The summed E-state index contributed by atoms with van der Waals surface area (Å²) >= 11 is 0. The summed E-state index contributed by atoms with van der Waals surface area (Å²) in [6, 6.07) is 16.2. The van der Waals surface area contributed by atoms with Gasteiger partial charge in [0.2, 0.25) is 0 Å². The highest BCUT2D eigenvalue weighted by atomic mass is 16.1. The van der Waals surface area contributed by atoms with Crippen molar-refractivity contribution in [2.75, 3.05) is 0 Å². The molecule has 1 heterocycles. The molecule has 1 N–H and O–H groups in total. The van der Waals surface area contributed by atoms with Crippen LogP contribution in [-0.2, 0) is 11.2 Å². The molecule has 0 saturated carbocycles. The third kappa shape index (κ3) is 2.71. The second-order valence-electron chi connectivity index (χ2n) is 9.07. The lowest BCUT2D eigenvalue weighted by Gasteiger charge is -2.41. The molecular weight excluding hydrogens is 358 g/mol. The van der Waals surface area contributed by atoms with Crippen molar-refractivity contribution in [2.24, 2.45) is 11.3 Å². The first-order chi connectivity index (χ1) is 13.9. The van der Waals surface area contributed by atoms with Gasteiger partial charge in [-0.05, 0) is 23.0 Å². The largest absolute Gasteiger partial charge is 0.358 e. The molecule has 3 heteroatoms. The Bertz CT molecular complexity index is 1100. The first-order valence-electron chi connectivity index (χ1n) is 10.4. The second kappa shape index (κ2) is 6.28. The van der Waals surface area contributed by atoms with Crippen LogP contribution >= 0.6 is 0 Å². The van der Waals surface area contributed by atoms with Crippen LogP contribution in [0.3, 0.4) is 0 Å². The molecule has 29 heavy (non-hydrogen) atoms. The molecule has 0 radical (unpaired) electrons. The fraction of sp³-hybridized carbons (Fsp3) is 0.308. The van der Waals surface area contributed by atoms with Gasteiger partial charge in [0.05, 0.1) is 11.6 Å². The Morgan fingerprint density at radius 2 is 1.66 bits per heavy atom. The van der Waals surface area contributed by atoms with Crippen LogP contribution in [0.15, 0.2) is 65.9 Å². The van der Waals surface area contributed by atoms with E-state index in [1.165, 1.54) is 5.56 Å². The van der Waals surface area contributed by atoms with Crippen molar-refractivity contribution in [2.45, 2.75) is 39.5 Å². The zero-order valence-corrected chi connectivity index (χ0v) is 17.1. The number of Topliss-reactive ketones (excluding diaryl/α,β-unsaturated/α-hetero) is 2. The molecule has 1 aliphatic heterocycles. The number of rotatable bonds is 2. The third-order valence-corrected chi connectivity index (χ3v) is 6.47. The van der Waals surface area contributed by atoms with E-state index in [4.69, 9.17) is 0 Å². The smallest absolute Gasteiger partial charge is 0.192 e. The highest BCUT2D eigenvalue weighted by molar-refractivity contribution is 6.22. The Labute approximate surface area is 171 Å². The van der Waals surface area contributed by atoms with Crippen LogP contribution in [0, 0.1) is 11.3 Å². The summed E-state index contributed by atoms with van der Waals surface area (Å²) in [7, 11) is 0. The second-order valence-corrected chi connectivity index (χ2v) is 9.07. The fourth-order valence-electron chi connectivity index (χ4n) is 5.14. The van der Waals surface area contributed by atoms with Crippen LogP contribution in [0.2, 0.25) is 0 Å². The number of ketones is 2. The normalized spacial score (nSPS) is 24.4. The SMILES string of the molecule is CCc1ccc(C2C3=C(NC4=CC(C)(C)CC(=O)C42)c2ccccc2C3=O)cc1. The number of nitrogens with one attached hydrogen (secondary N) is 1. The van der Waals surface area contributed by atoms with Gasteiger partial charge in [0.1, 0.15) is 5.78 Å². The van der Waals surface area contributed by atoms with Crippen molar-refractivity contribution < 1.29 is 9.59 Å². The van der Waals surface area contributed by atoms with E-state index in [-0.39, 0.29) is 28.8 Å². The molecule has 2 unspecified atom stereocenters. The lowest BCUT2D eigenvalue weighted by atomic mass is 9.66. The minimum absolute atomic E-state index is 0.0457. The summed E-state index contributed by atoms with van der Waals surface area (Å²) in [4.78, 5) is 26.7. The quantitative estimate of drug-likeness (QED) is 0.790. The number of carbonyl (C=O) groups excluding carboxylic acids is 2. The number of allylic oxidation sites excluding steroid dienone is 3. The summed E-state index contributed by atoms with van der Waals surface area (Å²) in [6.07, 6.45) is 3.66. The molecule has 2 aliphatic carbocycles. The van der Waals surface area contributed by atoms with Crippen molar-refractivity contribution in [1.29, 1.82) is 0 Å². The van der Waals surface area contributed by atoms with Gasteiger partial charge in [-0.3, -0.25) is 9.59 Å². The Morgan fingerprint density at radius 1 is 0.966 bits per heavy atom. The van der Waals surface area contributed by atoms with E-state index >= 15 is 0 Å². The maximum Gasteiger partial charge on any atom is 0.192 e. The molecule has 2 aromatic rings. The van der Waals surface area contributed by atoms with E-state index in [2.05, 4.69) is 56.4 Å². The highest BCUT2D eigenvalue weighted by Gasteiger charge is 2.49. The van der Waals surface area contributed by atoms with Crippen LogP contribution in [0.4, 0.5) is 0 Å². The van der Waals surface area contributed by atoms with Gasteiger partial charge in [0, 0.05) is 34.7 Å². The van der Waals surface area contributed by atoms with Gasteiger partial charge in [-0.15, -0.1) is 0 Å². The topological polar surface area (TPSA) is 46.2 Å². The molecule has 2 atom stereocenters. The third-order valence-electron chi connectivity index (χ3n) is 6.47. The molecule has 0 aromatic heterocycles. The maximum atomic E-state index is 13.4. The molecule has 2 aromatic carbocycles. The van der Waals surface area contributed by atoms with Gasteiger partial charge in [-0.2, -0.15) is 0 Å². The molecule has 0 fully saturated rings. The van der Waals surface area contributed by atoms with Crippen molar-refractivity contribution in [3.63, 3.8) is 0 Å². The predicted molar refractivity (Wildman–Crippen MR) is 114 cm³/mol. The maximum absolute atomic E-state index is 13.4. The average molecular weight is 383 g/mol. The molecule has 5 rings (SSSR count). The predicted octanol–water partition coefficient (Wildman–Crippen LogP) is 5.04. The van der Waals surface area contributed by atoms with Crippen molar-refractivity contribution in [3.05, 3.63) is 88.1 Å². The van der Waals surface area contributed by atoms with E-state index in [1.54, 1.807) is 0 Å². The van der Waals surface area contributed by atoms with Gasteiger partial charge in [0.15, 0.2) is 5.78 Å². The van der Waals surface area contributed by atoms with Crippen LogP contribution < -0.4 is 5.32 Å². The highest BCUT2D eigenvalue weighted by Crippen LogP contribution is 2.51. The van der Waals surface area contributed by atoms with E-state index < -0.39 is 0 Å². The van der Waals surface area contributed by atoms with Crippen LogP contribution in [0.1, 0.15) is 60.2 Å². The monoisotopic (exact) mass is 383 g/mol. The summed E-state index contributed by atoms with van der Waals surface area (Å²) in [5, 5.41) is 3.51. The van der Waals surface area contributed by atoms with Crippen molar-refractivity contribution in [1.82, 2.24) is 5.32 Å². The Morgan fingerprint density at radius 3 is 2.34 bits per heavy atom. The zero-order chi connectivity index (χ0) is 20.3. The van der Waals surface area contributed by atoms with Crippen molar-refractivity contribution in [3.8, 4) is 0 Å². The minimum atomic E-state index is -0.326. The van der Waals surface area contributed by atoms with Crippen LogP contribution in [0.5, 0.6) is 0 Å². The first-order valence-corrected chi connectivity index (χ1v) is 10.4. The fourth-order valence-corrected chi connectivity index (χ4v) is 5.14. The number of benzene rings is 2. The summed E-state index contributed by atoms with van der Waals surface area (Å²) in [5.74, 6) is -0.316.